The molecule has 0 bridgehead atoms. The molecule has 4 rings (SSSR count). The van der Waals surface area contributed by atoms with Crippen molar-refractivity contribution in [1.82, 2.24) is 19.5 Å². The number of fused-ring (bicyclic) bond motifs is 1. The van der Waals surface area contributed by atoms with E-state index in [4.69, 9.17) is 5.84 Å². The van der Waals surface area contributed by atoms with Crippen molar-refractivity contribution in [2.45, 2.75) is 35.9 Å². The summed E-state index contributed by atoms with van der Waals surface area (Å²) >= 11 is 1.35. The molecule has 1 fully saturated rings. The molecule has 1 aliphatic carbocycles. The SMILES string of the molecule is CSc1cc(/C(C=NC2CC2)=N/N)cnc1-c1nc2cc(C(F)(F)C(F)(F)F)cnc2n1C. The maximum atomic E-state index is 13.8. The van der Waals surface area contributed by atoms with Gasteiger partial charge in [-0.15, -0.1) is 11.8 Å². The highest BCUT2D eigenvalue weighted by atomic mass is 32.2. The predicted octanol–water partition coefficient (Wildman–Crippen LogP) is 4.30. The molecule has 3 aromatic heterocycles. The highest BCUT2D eigenvalue weighted by molar-refractivity contribution is 7.98. The van der Waals surface area contributed by atoms with Crippen LogP contribution in [0.15, 0.2) is 39.5 Å². The third kappa shape index (κ3) is 4.28. The lowest BCUT2D eigenvalue weighted by molar-refractivity contribution is -0.289. The largest absolute Gasteiger partial charge is 0.458 e. The quantitative estimate of drug-likeness (QED) is 0.186. The molecule has 0 atom stereocenters. The van der Waals surface area contributed by atoms with E-state index in [-0.39, 0.29) is 23.0 Å². The number of aromatic nitrogens is 4. The number of hydrogen-bond donors (Lipinski definition) is 1. The normalized spacial score (nSPS) is 15.7. The Kier molecular flexibility index (Phi) is 5.85. The fourth-order valence-electron chi connectivity index (χ4n) is 3.11. The molecule has 0 unspecified atom stereocenters. The van der Waals surface area contributed by atoms with Gasteiger partial charge in [0.1, 0.15) is 16.9 Å². The predicted molar refractivity (Wildman–Crippen MR) is 116 cm³/mol. The lowest BCUT2D eigenvalue weighted by atomic mass is 10.1. The Hall–Kier alpha value is -3.09. The number of rotatable bonds is 6. The van der Waals surface area contributed by atoms with Crippen molar-refractivity contribution in [1.29, 1.82) is 0 Å². The molecule has 1 saturated carbocycles. The lowest BCUT2D eigenvalue weighted by Crippen LogP contribution is -2.33. The molecule has 33 heavy (non-hydrogen) atoms. The van der Waals surface area contributed by atoms with Crippen LogP contribution in [-0.4, -0.2) is 49.9 Å². The molecule has 3 aromatic rings. The number of pyridine rings is 2. The Morgan fingerprint density at radius 3 is 2.52 bits per heavy atom. The maximum absolute atomic E-state index is 13.8. The minimum absolute atomic E-state index is 0.104. The first-order valence-corrected chi connectivity index (χ1v) is 10.9. The molecule has 0 saturated heterocycles. The zero-order valence-corrected chi connectivity index (χ0v) is 18.3. The van der Waals surface area contributed by atoms with Crippen molar-refractivity contribution in [3.05, 3.63) is 35.7 Å². The van der Waals surface area contributed by atoms with Crippen LogP contribution in [0.5, 0.6) is 0 Å². The number of hydrazone groups is 1. The zero-order chi connectivity index (χ0) is 24.0. The summed E-state index contributed by atoms with van der Waals surface area (Å²) in [7, 11) is 1.58. The van der Waals surface area contributed by atoms with Crippen molar-refractivity contribution in [2.75, 3.05) is 6.26 Å². The molecule has 0 aliphatic heterocycles. The van der Waals surface area contributed by atoms with Gasteiger partial charge in [-0.05, 0) is 31.2 Å². The molecular weight excluding hydrogens is 465 g/mol. The van der Waals surface area contributed by atoms with Crippen LogP contribution in [-0.2, 0) is 13.0 Å². The average molecular weight is 483 g/mol. The first kappa shape index (κ1) is 23.1. The smallest absolute Gasteiger partial charge is 0.323 e. The van der Waals surface area contributed by atoms with Crippen molar-refractivity contribution >= 4 is 34.9 Å². The average Bonchev–Trinajstić information content (AvgIpc) is 3.55. The van der Waals surface area contributed by atoms with Crippen LogP contribution in [0.25, 0.3) is 22.7 Å². The Labute approximate surface area is 189 Å². The lowest BCUT2D eigenvalue weighted by Gasteiger charge is -2.19. The van der Waals surface area contributed by atoms with Gasteiger partial charge in [0.25, 0.3) is 0 Å². The standard InChI is InChI=1S/C20H18F5N7S/c1-32-17-13(6-11(8-29-17)19(21,22)20(23,24)25)30-18(32)16-15(33-2)5-10(7-28-16)14(31-26)9-27-12-3-4-12/h5-9,12H,3-4,26H2,1-2H3/b27-9?,31-14+. The summed E-state index contributed by atoms with van der Waals surface area (Å²) in [6.45, 7) is 0. The van der Waals surface area contributed by atoms with Crippen molar-refractivity contribution in [3.63, 3.8) is 0 Å². The molecule has 0 spiro atoms. The number of nitrogens with zero attached hydrogens (tertiary/aromatic N) is 6. The number of hydrogen-bond acceptors (Lipinski definition) is 7. The van der Waals surface area contributed by atoms with E-state index in [9.17, 15) is 22.0 Å². The summed E-state index contributed by atoms with van der Waals surface area (Å²) in [6, 6.07) is 2.77. The van der Waals surface area contributed by atoms with E-state index >= 15 is 0 Å². The van der Waals surface area contributed by atoms with Crippen molar-refractivity contribution in [3.8, 4) is 11.5 Å². The summed E-state index contributed by atoms with van der Waals surface area (Å²) in [5.41, 5.74) is 0.240. The summed E-state index contributed by atoms with van der Waals surface area (Å²) in [5.74, 6) is 0.720. The van der Waals surface area contributed by atoms with Crippen LogP contribution in [0.4, 0.5) is 22.0 Å². The summed E-state index contributed by atoms with van der Waals surface area (Å²) in [4.78, 5) is 17.5. The monoisotopic (exact) mass is 483 g/mol. The second kappa shape index (κ2) is 8.36. The fourth-order valence-corrected chi connectivity index (χ4v) is 3.70. The van der Waals surface area contributed by atoms with Crippen LogP contribution >= 0.6 is 11.8 Å². The molecule has 13 heteroatoms. The highest BCUT2D eigenvalue weighted by Gasteiger charge is 2.59. The second-order valence-corrected chi connectivity index (χ2v) is 8.28. The molecule has 0 aromatic carbocycles. The Bertz CT molecular complexity index is 1260. The van der Waals surface area contributed by atoms with Gasteiger partial charge < -0.3 is 10.4 Å². The van der Waals surface area contributed by atoms with E-state index in [1.54, 1.807) is 19.3 Å². The molecule has 2 N–H and O–H groups in total. The molecular formula is C20H18F5N7S. The number of aliphatic imine (C=N–C) groups is 1. The van der Waals surface area contributed by atoms with Gasteiger partial charge in [0.05, 0.1) is 11.6 Å². The van der Waals surface area contributed by atoms with Gasteiger partial charge in [-0.25, -0.2) is 9.97 Å². The molecule has 7 nitrogen and oxygen atoms in total. The molecule has 0 radical (unpaired) electrons. The van der Waals surface area contributed by atoms with Gasteiger partial charge in [-0.3, -0.25) is 9.98 Å². The Balaban J connectivity index is 1.76. The van der Waals surface area contributed by atoms with Crippen LogP contribution in [0.3, 0.4) is 0 Å². The number of halogens is 5. The Morgan fingerprint density at radius 2 is 1.91 bits per heavy atom. The van der Waals surface area contributed by atoms with Gasteiger partial charge in [-0.1, -0.05) is 0 Å². The van der Waals surface area contributed by atoms with Crippen LogP contribution in [0.2, 0.25) is 0 Å². The Morgan fingerprint density at radius 1 is 1.18 bits per heavy atom. The molecule has 3 heterocycles. The number of aryl methyl sites for hydroxylation is 1. The maximum Gasteiger partial charge on any atom is 0.458 e. The summed E-state index contributed by atoms with van der Waals surface area (Å²) in [6.07, 6.45) is 1.75. The molecule has 0 amide bonds. The topological polar surface area (TPSA) is 94.3 Å². The minimum Gasteiger partial charge on any atom is -0.323 e. The number of alkyl halides is 5. The van der Waals surface area contributed by atoms with E-state index in [1.807, 2.05) is 6.26 Å². The number of imidazole rings is 1. The molecule has 174 valence electrons. The van der Waals surface area contributed by atoms with Gasteiger partial charge in [0.2, 0.25) is 0 Å². The highest BCUT2D eigenvalue weighted by Crippen LogP contribution is 2.44. The van der Waals surface area contributed by atoms with Crippen molar-refractivity contribution < 1.29 is 22.0 Å². The fraction of sp³-hybridized carbons (Fsp3) is 0.350. The van der Waals surface area contributed by atoms with Gasteiger partial charge in [0, 0.05) is 36.1 Å². The van der Waals surface area contributed by atoms with E-state index in [1.165, 1.54) is 22.5 Å². The van der Waals surface area contributed by atoms with Crippen LogP contribution in [0, 0.1) is 0 Å². The minimum atomic E-state index is -5.74. The van der Waals surface area contributed by atoms with Gasteiger partial charge in [-0.2, -0.15) is 27.1 Å². The van der Waals surface area contributed by atoms with E-state index in [0.717, 1.165) is 12.8 Å². The zero-order valence-electron chi connectivity index (χ0n) is 17.4. The second-order valence-electron chi connectivity index (χ2n) is 7.43. The van der Waals surface area contributed by atoms with Crippen LogP contribution < -0.4 is 5.84 Å². The van der Waals surface area contributed by atoms with Gasteiger partial charge in [0.15, 0.2) is 11.5 Å². The van der Waals surface area contributed by atoms with E-state index in [0.29, 0.717) is 34.1 Å². The summed E-state index contributed by atoms with van der Waals surface area (Å²) < 4.78 is 67.3. The first-order chi connectivity index (χ1) is 15.6. The van der Waals surface area contributed by atoms with E-state index in [2.05, 4.69) is 25.0 Å². The third-order valence-corrected chi connectivity index (χ3v) is 5.85. The third-order valence-electron chi connectivity index (χ3n) is 5.10. The van der Waals surface area contributed by atoms with Gasteiger partial charge >= 0.3 is 12.1 Å². The number of thioether (sulfide) groups is 1. The number of nitrogens with two attached hydrogens (primary N) is 1. The molecule has 1 aliphatic rings. The van der Waals surface area contributed by atoms with Crippen molar-refractivity contribution in [2.24, 2.45) is 23.0 Å². The van der Waals surface area contributed by atoms with E-state index < -0.39 is 17.7 Å². The van der Waals surface area contributed by atoms with Crippen LogP contribution in [0.1, 0.15) is 24.0 Å². The first-order valence-electron chi connectivity index (χ1n) is 9.70. The summed E-state index contributed by atoms with van der Waals surface area (Å²) in [5, 5.41) is 3.76.